The molecule has 0 heteroatoms. The number of rotatable bonds is 6. The predicted octanol–water partition coefficient (Wildman–Crippen LogP) is 4.39. The van der Waals surface area contributed by atoms with Gasteiger partial charge in [0.2, 0.25) is 0 Å². The van der Waals surface area contributed by atoms with Crippen molar-refractivity contribution in [3.63, 3.8) is 0 Å². The van der Waals surface area contributed by atoms with Crippen molar-refractivity contribution in [1.82, 2.24) is 0 Å². The molecule has 0 bridgehead atoms. The van der Waals surface area contributed by atoms with Gasteiger partial charge in [-0.3, -0.25) is 0 Å². The zero-order valence-corrected chi connectivity index (χ0v) is 9.03. The predicted molar refractivity (Wildman–Crippen MR) is 55.3 cm³/mol. The molecule has 0 unspecified atom stereocenters. The van der Waals surface area contributed by atoms with E-state index in [2.05, 4.69) is 20.8 Å². The number of hydrogen-bond acceptors (Lipinski definition) is 0. The standard InChI is InChI=1S/C12H24/c1-4-7-11(8-5-2)12(6-3)9-10-12/h11H,4-10H2,1-3H3. The summed E-state index contributed by atoms with van der Waals surface area (Å²) in [6.07, 6.45) is 10.2. The van der Waals surface area contributed by atoms with E-state index in [1.807, 2.05) is 0 Å². The van der Waals surface area contributed by atoms with E-state index in [0.717, 1.165) is 11.3 Å². The molecule has 1 saturated carbocycles. The summed E-state index contributed by atoms with van der Waals surface area (Å²) in [6.45, 7) is 7.04. The Morgan fingerprint density at radius 3 is 1.75 bits per heavy atom. The van der Waals surface area contributed by atoms with E-state index in [0.29, 0.717) is 0 Å². The lowest BCUT2D eigenvalue weighted by Crippen LogP contribution is -2.14. The largest absolute Gasteiger partial charge is 0.0654 e. The highest BCUT2D eigenvalue weighted by Gasteiger charge is 2.46. The summed E-state index contributed by atoms with van der Waals surface area (Å²) in [5.74, 6) is 1.05. The lowest BCUT2D eigenvalue weighted by atomic mass is 9.80. The van der Waals surface area contributed by atoms with Crippen LogP contribution in [-0.4, -0.2) is 0 Å². The third kappa shape index (κ3) is 2.02. The molecule has 72 valence electrons. The Kier molecular flexibility index (Phi) is 3.61. The van der Waals surface area contributed by atoms with Crippen LogP contribution in [0.4, 0.5) is 0 Å². The molecule has 12 heavy (non-hydrogen) atoms. The SMILES string of the molecule is CCCC(CCC)C1(CC)CC1. The zero-order valence-electron chi connectivity index (χ0n) is 9.03. The van der Waals surface area contributed by atoms with Crippen molar-refractivity contribution in [2.45, 2.75) is 65.7 Å². The third-order valence-electron chi connectivity index (χ3n) is 3.74. The summed E-state index contributed by atoms with van der Waals surface area (Å²) in [5.41, 5.74) is 0.812. The first kappa shape index (κ1) is 10.1. The van der Waals surface area contributed by atoms with Crippen LogP contribution >= 0.6 is 0 Å². The molecule has 0 radical (unpaired) electrons. The molecule has 0 aromatic carbocycles. The molecular formula is C12H24. The Balaban J connectivity index is 2.41. The quantitative estimate of drug-likeness (QED) is 0.551. The van der Waals surface area contributed by atoms with Crippen LogP contribution < -0.4 is 0 Å². The minimum atomic E-state index is 0.812. The van der Waals surface area contributed by atoms with E-state index in [9.17, 15) is 0 Å². The van der Waals surface area contributed by atoms with Crippen LogP contribution in [-0.2, 0) is 0 Å². The monoisotopic (exact) mass is 168 g/mol. The van der Waals surface area contributed by atoms with Crippen LogP contribution in [0.2, 0.25) is 0 Å². The second-order valence-corrected chi connectivity index (χ2v) is 4.49. The van der Waals surface area contributed by atoms with Crippen molar-refractivity contribution in [2.75, 3.05) is 0 Å². The van der Waals surface area contributed by atoms with Crippen LogP contribution in [0.25, 0.3) is 0 Å². The van der Waals surface area contributed by atoms with Gasteiger partial charge >= 0.3 is 0 Å². The first-order valence-electron chi connectivity index (χ1n) is 5.79. The van der Waals surface area contributed by atoms with Gasteiger partial charge in [-0.25, -0.2) is 0 Å². The molecule has 0 aromatic heterocycles. The maximum atomic E-state index is 2.38. The average molecular weight is 168 g/mol. The molecule has 1 fully saturated rings. The summed E-state index contributed by atoms with van der Waals surface area (Å²) >= 11 is 0. The van der Waals surface area contributed by atoms with Gasteiger partial charge in [-0.15, -0.1) is 0 Å². The van der Waals surface area contributed by atoms with Crippen molar-refractivity contribution in [2.24, 2.45) is 11.3 Å². The Hall–Kier alpha value is 0. The molecule has 0 atom stereocenters. The van der Waals surface area contributed by atoms with Gasteiger partial charge < -0.3 is 0 Å². The highest BCUT2D eigenvalue weighted by atomic mass is 14.5. The van der Waals surface area contributed by atoms with E-state index < -0.39 is 0 Å². The topological polar surface area (TPSA) is 0 Å². The molecule has 0 heterocycles. The van der Waals surface area contributed by atoms with Crippen molar-refractivity contribution in [3.8, 4) is 0 Å². The second-order valence-electron chi connectivity index (χ2n) is 4.49. The molecular weight excluding hydrogens is 144 g/mol. The van der Waals surface area contributed by atoms with Gasteiger partial charge in [-0.2, -0.15) is 0 Å². The van der Waals surface area contributed by atoms with Crippen molar-refractivity contribution >= 4 is 0 Å². The average Bonchev–Trinajstić information content (AvgIpc) is 2.85. The van der Waals surface area contributed by atoms with Crippen molar-refractivity contribution in [1.29, 1.82) is 0 Å². The maximum absolute atomic E-state index is 2.38. The minimum absolute atomic E-state index is 0.812. The van der Waals surface area contributed by atoms with Crippen LogP contribution in [0.1, 0.15) is 65.7 Å². The second kappa shape index (κ2) is 4.30. The molecule has 1 aliphatic rings. The zero-order chi connectivity index (χ0) is 9.03. The summed E-state index contributed by atoms with van der Waals surface area (Å²) in [7, 11) is 0. The minimum Gasteiger partial charge on any atom is -0.0654 e. The number of hydrogen-bond donors (Lipinski definition) is 0. The Morgan fingerprint density at radius 2 is 1.50 bits per heavy atom. The van der Waals surface area contributed by atoms with Gasteiger partial charge in [0.1, 0.15) is 0 Å². The molecule has 0 nitrogen and oxygen atoms in total. The Morgan fingerprint density at radius 1 is 1.00 bits per heavy atom. The van der Waals surface area contributed by atoms with Gasteiger partial charge in [0.15, 0.2) is 0 Å². The van der Waals surface area contributed by atoms with Gasteiger partial charge in [-0.1, -0.05) is 52.9 Å². The van der Waals surface area contributed by atoms with Crippen LogP contribution in [0, 0.1) is 11.3 Å². The molecule has 0 aromatic rings. The lowest BCUT2D eigenvalue weighted by molar-refractivity contribution is 0.258. The summed E-state index contributed by atoms with van der Waals surface area (Å²) in [5, 5.41) is 0. The molecule has 1 rings (SSSR count). The molecule has 0 N–H and O–H groups in total. The highest BCUT2D eigenvalue weighted by molar-refractivity contribution is 4.96. The van der Waals surface area contributed by atoms with E-state index in [1.165, 1.54) is 44.9 Å². The normalized spacial score (nSPS) is 20.0. The Labute approximate surface area is 77.7 Å². The van der Waals surface area contributed by atoms with E-state index in [1.54, 1.807) is 0 Å². The summed E-state index contributed by atoms with van der Waals surface area (Å²) in [6, 6.07) is 0. The van der Waals surface area contributed by atoms with E-state index in [-0.39, 0.29) is 0 Å². The molecule has 1 aliphatic carbocycles. The fraction of sp³-hybridized carbons (Fsp3) is 1.00. The van der Waals surface area contributed by atoms with Gasteiger partial charge in [0, 0.05) is 0 Å². The fourth-order valence-electron chi connectivity index (χ4n) is 2.66. The van der Waals surface area contributed by atoms with E-state index in [4.69, 9.17) is 0 Å². The van der Waals surface area contributed by atoms with Gasteiger partial charge in [0.25, 0.3) is 0 Å². The molecule has 0 saturated heterocycles. The molecule has 0 spiro atoms. The maximum Gasteiger partial charge on any atom is -0.0271 e. The van der Waals surface area contributed by atoms with Gasteiger partial charge in [0.05, 0.1) is 0 Å². The van der Waals surface area contributed by atoms with E-state index >= 15 is 0 Å². The van der Waals surface area contributed by atoms with Crippen molar-refractivity contribution < 1.29 is 0 Å². The summed E-state index contributed by atoms with van der Waals surface area (Å²) < 4.78 is 0. The smallest absolute Gasteiger partial charge is 0.0271 e. The first-order valence-corrected chi connectivity index (χ1v) is 5.79. The molecule has 0 amide bonds. The van der Waals surface area contributed by atoms with Crippen LogP contribution in [0.5, 0.6) is 0 Å². The van der Waals surface area contributed by atoms with Crippen LogP contribution in [0.3, 0.4) is 0 Å². The first-order chi connectivity index (χ1) is 5.79. The summed E-state index contributed by atoms with van der Waals surface area (Å²) in [4.78, 5) is 0. The van der Waals surface area contributed by atoms with Gasteiger partial charge in [-0.05, 0) is 24.2 Å². The Bertz CT molecular complexity index is 116. The lowest BCUT2D eigenvalue weighted by Gasteiger charge is -2.25. The van der Waals surface area contributed by atoms with Crippen molar-refractivity contribution in [3.05, 3.63) is 0 Å². The molecule has 0 aliphatic heterocycles. The fourth-order valence-corrected chi connectivity index (χ4v) is 2.66. The third-order valence-corrected chi connectivity index (χ3v) is 3.74. The highest BCUT2D eigenvalue weighted by Crippen LogP contribution is 2.57. The van der Waals surface area contributed by atoms with Crippen LogP contribution in [0.15, 0.2) is 0 Å².